The number of halogens is 1. The first kappa shape index (κ1) is 21.2. The Hall–Kier alpha value is -0.790. The SMILES string of the molecule is CCNC(=NCCCn1cccn1)NCCCC(C)(C)C.I. The van der Waals surface area contributed by atoms with Gasteiger partial charge in [-0.1, -0.05) is 20.8 Å². The van der Waals surface area contributed by atoms with Crippen LogP contribution in [-0.4, -0.2) is 35.4 Å². The highest BCUT2D eigenvalue weighted by atomic mass is 127. The molecule has 0 saturated carbocycles. The summed E-state index contributed by atoms with van der Waals surface area (Å²) in [5, 5.41) is 10.9. The molecular weight excluding hydrogens is 389 g/mol. The second kappa shape index (κ2) is 11.7. The minimum Gasteiger partial charge on any atom is -0.357 e. The Labute approximate surface area is 152 Å². The molecule has 0 bridgehead atoms. The van der Waals surface area contributed by atoms with Crippen molar-refractivity contribution in [2.75, 3.05) is 19.6 Å². The van der Waals surface area contributed by atoms with Crippen LogP contribution < -0.4 is 10.6 Å². The van der Waals surface area contributed by atoms with Crippen molar-refractivity contribution in [3.05, 3.63) is 18.5 Å². The largest absolute Gasteiger partial charge is 0.357 e. The van der Waals surface area contributed by atoms with Gasteiger partial charge in [0.25, 0.3) is 0 Å². The van der Waals surface area contributed by atoms with Crippen LogP contribution in [0, 0.1) is 5.41 Å². The molecule has 0 unspecified atom stereocenters. The quantitative estimate of drug-likeness (QED) is 0.293. The van der Waals surface area contributed by atoms with Crippen LogP contribution in [0.5, 0.6) is 0 Å². The van der Waals surface area contributed by atoms with Gasteiger partial charge in [0.2, 0.25) is 0 Å². The number of nitrogens with zero attached hydrogens (tertiary/aromatic N) is 3. The van der Waals surface area contributed by atoms with Crippen molar-refractivity contribution in [1.29, 1.82) is 0 Å². The van der Waals surface area contributed by atoms with Crippen molar-refractivity contribution in [3.8, 4) is 0 Å². The van der Waals surface area contributed by atoms with Crippen molar-refractivity contribution < 1.29 is 0 Å². The first-order valence-electron chi connectivity index (χ1n) is 8.01. The Morgan fingerprint density at radius 2 is 2.00 bits per heavy atom. The van der Waals surface area contributed by atoms with Gasteiger partial charge >= 0.3 is 0 Å². The lowest BCUT2D eigenvalue weighted by Gasteiger charge is -2.18. The number of nitrogens with one attached hydrogen (secondary N) is 2. The molecule has 6 heteroatoms. The molecule has 0 aliphatic carbocycles. The van der Waals surface area contributed by atoms with E-state index in [2.05, 4.69) is 48.4 Å². The molecule has 0 spiro atoms. The van der Waals surface area contributed by atoms with Crippen molar-refractivity contribution in [3.63, 3.8) is 0 Å². The van der Waals surface area contributed by atoms with E-state index in [0.717, 1.165) is 38.6 Å². The molecule has 1 rings (SSSR count). The lowest BCUT2D eigenvalue weighted by atomic mass is 9.91. The molecule has 1 aromatic heterocycles. The monoisotopic (exact) mass is 421 g/mol. The average molecular weight is 421 g/mol. The summed E-state index contributed by atoms with van der Waals surface area (Å²) >= 11 is 0. The third kappa shape index (κ3) is 10.9. The summed E-state index contributed by atoms with van der Waals surface area (Å²) in [5.74, 6) is 0.923. The van der Waals surface area contributed by atoms with Gasteiger partial charge in [-0.2, -0.15) is 5.10 Å². The number of hydrogen-bond donors (Lipinski definition) is 2. The average Bonchev–Trinajstić information content (AvgIpc) is 2.91. The maximum absolute atomic E-state index is 4.60. The fourth-order valence-corrected chi connectivity index (χ4v) is 2.02. The second-order valence-corrected chi connectivity index (χ2v) is 6.47. The number of hydrogen-bond acceptors (Lipinski definition) is 2. The van der Waals surface area contributed by atoms with E-state index in [9.17, 15) is 0 Å². The van der Waals surface area contributed by atoms with Crippen LogP contribution in [-0.2, 0) is 6.54 Å². The van der Waals surface area contributed by atoms with Crippen molar-refractivity contribution >= 4 is 29.9 Å². The molecule has 22 heavy (non-hydrogen) atoms. The maximum atomic E-state index is 4.60. The third-order valence-corrected chi connectivity index (χ3v) is 3.11. The molecule has 0 amide bonds. The van der Waals surface area contributed by atoms with Gasteiger partial charge in [0.1, 0.15) is 0 Å². The molecule has 0 aliphatic rings. The van der Waals surface area contributed by atoms with Crippen molar-refractivity contribution in [1.82, 2.24) is 20.4 Å². The van der Waals surface area contributed by atoms with Gasteiger partial charge in [0, 0.05) is 38.6 Å². The van der Waals surface area contributed by atoms with Crippen LogP contribution in [0.15, 0.2) is 23.5 Å². The lowest BCUT2D eigenvalue weighted by Crippen LogP contribution is -2.38. The summed E-state index contributed by atoms with van der Waals surface area (Å²) in [6.45, 7) is 12.5. The van der Waals surface area contributed by atoms with E-state index in [1.165, 1.54) is 12.8 Å². The predicted octanol–water partition coefficient (Wildman–Crippen LogP) is 3.27. The summed E-state index contributed by atoms with van der Waals surface area (Å²) in [7, 11) is 0. The number of guanidine groups is 1. The number of aryl methyl sites for hydroxylation is 1. The van der Waals surface area contributed by atoms with E-state index in [-0.39, 0.29) is 24.0 Å². The van der Waals surface area contributed by atoms with Gasteiger partial charge in [-0.3, -0.25) is 9.67 Å². The zero-order valence-electron chi connectivity index (χ0n) is 14.4. The van der Waals surface area contributed by atoms with E-state index in [1.807, 2.05) is 23.1 Å². The molecule has 0 aromatic carbocycles. The Kier molecular flexibility index (Phi) is 11.3. The standard InChI is InChI=1S/C16H31N5.HI/c1-5-17-15(18-10-6-9-16(2,3)4)19-11-7-13-21-14-8-12-20-21;/h8,12,14H,5-7,9-11,13H2,1-4H3,(H2,17,18,19);1H. The van der Waals surface area contributed by atoms with Gasteiger partial charge in [-0.05, 0) is 37.7 Å². The fourth-order valence-electron chi connectivity index (χ4n) is 2.02. The highest BCUT2D eigenvalue weighted by Crippen LogP contribution is 2.19. The van der Waals surface area contributed by atoms with E-state index in [4.69, 9.17) is 0 Å². The number of aromatic nitrogens is 2. The lowest BCUT2D eigenvalue weighted by molar-refractivity contribution is 0.365. The highest BCUT2D eigenvalue weighted by molar-refractivity contribution is 14.0. The van der Waals surface area contributed by atoms with Crippen LogP contribution in [0.2, 0.25) is 0 Å². The Morgan fingerprint density at radius 3 is 2.59 bits per heavy atom. The molecule has 0 saturated heterocycles. The summed E-state index contributed by atoms with van der Waals surface area (Å²) < 4.78 is 1.94. The molecule has 0 fully saturated rings. The highest BCUT2D eigenvalue weighted by Gasteiger charge is 2.09. The minimum absolute atomic E-state index is 0. The molecule has 1 aromatic rings. The van der Waals surface area contributed by atoms with Crippen molar-refractivity contribution in [2.24, 2.45) is 10.4 Å². The van der Waals surface area contributed by atoms with Gasteiger partial charge in [0.05, 0.1) is 0 Å². The molecule has 0 atom stereocenters. The number of aliphatic imine (C=N–C) groups is 1. The van der Waals surface area contributed by atoms with E-state index in [1.54, 1.807) is 0 Å². The van der Waals surface area contributed by atoms with Crippen LogP contribution in [0.25, 0.3) is 0 Å². The van der Waals surface area contributed by atoms with Crippen molar-refractivity contribution in [2.45, 2.75) is 53.5 Å². The molecule has 128 valence electrons. The zero-order valence-corrected chi connectivity index (χ0v) is 16.8. The molecule has 0 aliphatic heterocycles. The van der Waals surface area contributed by atoms with Gasteiger partial charge < -0.3 is 10.6 Å². The summed E-state index contributed by atoms with van der Waals surface area (Å²) in [6, 6.07) is 1.95. The molecule has 0 radical (unpaired) electrons. The molecule has 1 heterocycles. The topological polar surface area (TPSA) is 54.2 Å². The van der Waals surface area contributed by atoms with Crippen LogP contribution in [0.4, 0.5) is 0 Å². The van der Waals surface area contributed by atoms with Gasteiger partial charge in [0.15, 0.2) is 5.96 Å². The molecule has 5 nitrogen and oxygen atoms in total. The molecular formula is C16H32IN5. The normalized spacial score (nSPS) is 11.9. The van der Waals surface area contributed by atoms with Gasteiger partial charge in [-0.25, -0.2) is 0 Å². The van der Waals surface area contributed by atoms with Crippen LogP contribution in [0.1, 0.15) is 47.0 Å². The first-order valence-corrected chi connectivity index (χ1v) is 8.01. The molecule has 2 N–H and O–H groups in total. The smallest absolute Gasteiger partial charge is 0.191 e. The predicted molar refractivity (Wildman–Crippen MR) is 105 cm³/mol. The van der Waals surface area contributed by atoms with E-state index >= 15 is 0 Å². The Balaban J connectivity index is 0.00000441. The summed E-state index contributed by atoms with van der Waals surface area (Å²) in [4.78, 5) is 4.60. The zero-order chi connectivity index (χ0) is 15.6. The second-order valence-electron chi connectivity index (χ2n) is 6.47. The summed E-state index contributed by atoms with van der Waals surface area (Å²) in [6.07, 6.45) is 7.18. The maximum Gasteiger partial charge on any atom is 0.191 e. The minimum atomic E-state index is 0. The summed E-state index contributed by atoms with van der Waals surface area (Å²) in [5.41, 5.74) is 0.404. The van der Waals surface area contributed by atoms with E-state index < -0.39 is 0 Å². The van der Waals surface area contributed by atoms with Gasteiger partial charge in [-0.15, -0.1) is 24.0 Å². The Morgan fingerprint density at radius 1 is 1.23 bits per heavy atom. The Bertz CT molecular complexity index is 395. The van der Waals surface area contributed by atoms with Crippen LogP contribution in [0.3, 0.4) is 0 Å². The third-order valence-electron chi connectivity index (χ3n) is 3.11. The van der Waals surface area contributed by atoms with Crippen LogP contribution >= 0.6 is 24.0 Å². The van der Waals surface area contributed by atoms with E-state index in [0.29, 0.717) is 5.41 Å². The first-order chi connectivity index (χ1) is 10.0. The fraction of sp³-hybridized carbons (Fsp3) is 0.750. The number of rotatable bonds is 8.